The van der Waals surface area contributed by atoms with Crippen LogP contribution >= 0.6 is 11.6 Å². The van der Waals surface area contributed by atoms with E-state index >= 15 is 0 Å². The van der Waals surface area contributed by atoms with Crippen molar-refractivity contribution in [1.82, 2.24) is 15.4 Å². The Labute approximate surface area is 181 Å². The molecule has 1 aromatic heterocycles. The fraction of sp³-hybridized carbons (Fsp3) is 0.522. The SMILES string of the molecule is O=C(CCl)NCC1(c2ccccc2)CCN(C(=O)c2noc3c2CCCCC3)CC1. The number of likely N-dealkylation sites (tertiary alicyclic amines) is 1. The van der Waals surface area contributed by atoms with Crippen molar-refractivity contribution in [2.75, 3.05) is 25.5 Å². The third-order valence-electron chi connectivity index (χ3n) is 6.54. The van der Waals surface area contributed by atoms with E-state index in [1.807, 2.05) is 23.1 Å². The van der Waals surface area contributed by atoms with E-state index in [0.29, 0.717) is 25.3 Å². The molecule has 1 aromatic carbocycles. The predicted octanol–water partition coefficient (Wildman–Crippen LogP) is 3.47. The minimum atomic E-state index is -0.208. The highest BCUT2D eigenvalue weighted by Crippen LogP contribution is 2.36. The number of alkyl halides is 1. The second kappa shape index (κ2) is 9.21. The summed E-state index contributed by atoms with van der Waals surface area (Å²) in [6.07, 6.45) is 6.60. The highest BCUT2D eigenvalue weighted by Gasteiger charge is 2.39. The quantitative estimate of drug-likeness (QED) is 0.583. The second-order valence-corrected chi connectivity index (χ2v) is 8.61. The van der Waals surface area contributed by atoms with Crippen molar-refractivity contribution in [1.29, 1.82) is 0 Å². The molecule has 7 heteroatoms. The lowest BCUT2D eigenvalue weighted by atomic mass is 9.72. The van der Waals surface area contributed by atoms with E-state index in [1.165, 1.54) is 5.56 Å². The molecule has 0 saturated carbocycles. The number of aromatic nitrogens is 1. The molecule has 4 rings (SSSR count). The van der Waals surface area contributed by atoms with E-state index in [4.69, 9.17) is 16.1 Å². The Morgan fingerprint density at radius 3 is 2.57 bits per heavy atom. The van der Waals surface area contributed by atoms with Gasteiger partial charge in [0, 0.05) is 37.0 Å². The standard InChI is InChI=1S/C23H28ClN3O3/c24-15-20(28)25-16-23(17-7-3-1-4-8-17)11-13-27(14-12-23)22(29)21-18-9-5-2-6-10-19(18)30-26-21/h1,3-4,7-8H,2,5-6,9-16H2,(H,25,28). The molecule has 0 spiro atoms. The molecular weight excluding hydrogens is 402 g/mol. The number of halogens is 1. The minimum absolute atomic E-state index is 0.0339. The highest BCUT2D eigenvalue weighted by molar-refractivity contribution is 6.27. The number of aryl methyl sites for hydroxylation is 1. The number of piperidine rings is 1. The van der Waals surface area contributed by atoms with Gasteiger partial charge < -0.3 is 14.7 Å². The van der Waals surface area contributed by atoms with Gasteiger partial charge in [-0.05, 0) is 37.7 Å². The van der Waals surface area contributed by atoms with Gasteiger partial charge in [0.1, 0.15) is 11.6 Å². The smallest absolute Gasteiger partial charge is 0.276 e. The maximum Gasteiger partial charge on any atom is 0.276 e. The number of amides is 2. The zero-order chi connectivity index (χ0) is 21.0. The monoisotopic (exact) mass is 429 g/mol. The fourth-order valence-electron chi connectivity index (χ4n) is 4.69. The van der Waals surface area contributed by atoms with Crippen LogP contribution in [-0.4, -0.2) is 47.4 Å². The number of nitrogens with one attached hydrogen (secondary N) is 1. The first kappa shape index (κ1) is 20.9. The van der Waals surface area contributed by atoms with Crippen LogP contribution in [0.15, 0.2) is 34.9 Å². The Morgan fingerprint density at radius 2 is 1.83 bits per heavy atom. The van der Waals surface area contributed by atoms with Gasteiger partial charge in [0.05, 0.1) is 0 Å². The molecule has 160 valence electrons. The van der Waals surface area contributed by atoms with Gasteiger partial charge in [-0.1, -0.05) is 41.9 Å². The zero-order valence-corrected chi connectivity index (χ0v) is 17.9. The van der Waals surface area contributed by atoms with Crippen molar-refractivity contribution in [2.45, 2.75) is 50.4 Å². The molecule has 2 heterocycles. The normalized spacial score (nSPS) is 18.4. The van der Waals surface area contributed by atoms with E-state index in [0.717, 1.165) is 56.3 Å². The third-order valence-corrected chi connectivity index (χ3v) is 6.78. The first-order valence-electron chi connectivity index (χ1n) is 10.8. The van der Waals surface area contributed by atoms with Crippen LogP contribution in [0.25, 0.3) is 0 Å². The Hall–Kier alpha value is -2.34. The zero-order valence-electron chi connectivity index (χ0n) is 17.2. The van der Waals surface area contributed by atoms with Crippen LogP contribution < -0.4 is 5.32 Å². The summed E-state index contributed by atoms with van der Waals surface area (Å²) in [7, 11) is 0. The van der Waals surface area contributed by atoms with Crippen molar-refractivity contribution in [3.05, 3.63) is 52.9 Å². The molecule has 2 amide bonds. The summed E-state index contributed by atoms with van der Waals surface area (Å²) >= 11 is 5.67. The van der Waals surface area contributed by atoms with Crippen molar-refractivity contribution < 1.29 is 14.1 Å². The van der Waals surface area contributed by atoms with Crippen LogP contribution in [0, 0.1) is 0 Å². The lowest BCUT2D eigenvalue weighted by Crippen LogP contribution is -2.50. The molecule has 2 aromatic rings. The van der Waals surface area contributed by atoms with Gasteiger partial charge in [-0.25, -0.2) is 0 Å². The van der Waals surface area contributed by atoms with Gasteiger partial charge in [0.2, 0.25) is 5.91 Å². The molecule has 6 nitrogen and oxygen atoms in total. The molecule has 2 aliphatic rings. The van der Waals surface area contributed by atoms with Gasteiger partial charge in [-0.2, -0.15) is 0 Å². The number of fused-ring (bicyclic) bond motifs is 1. The van der Waals surface area contributed by atoms with Crippen molar-refractivity contribution in [3.63, 3.8) is 0 Å². The van der Waals surface area contributed by atoms with Crippen LogP contribution in [0.2, 0.25) is 0 Å². The topological polar surface area (TPSA) is 75.4 Å². The molecule has 0 unspecified atom stereocenters. The van der Waals surface area contributed by atoms with Crippen LogP contribution in [0.5, 0.6) is 0 Å². The Morgan fingerprint density at radius 1 is 1.10 bits per heavy atom. The first-order chi connectivity index (χ1) is 14.6. The Balaban J connectivity index is 1.49. The molecular formula is C23H28ClN3O3. The number of rotatable bonds is 5. The largest absolute Gasteiger partial charge is 0.360 e. The van der Waals surface area contributed by atoms with Gasteiger partial charge in [0.25, 0.3) is 5.91 Å². The Kier molecular flexibility index (Phi) is 6.42. The summed E-state index contributed by atoms with van der Waals surface area (Å²) in [5.74, 6) is 0.631. The molecule has 1 fully saturated rings. The molecule has 1 aliphatic heterocycles. The van der Waals surface area contributed by atoms with E-state index < -0.39 is 0 Å². The van der Waals surface area contributed by atoms with Crippen molar-refractivity contribution in [3.8, 4) is 0 Å². The van der Waals surface area contributed by atoms with Gasteiger partial charge in [-0.3, -0.25) is 9.59 Å². The summed E-state index contributed by atoms with van der Waals surface area (Å²) in [5.41, 5.74) is 2.48. The van der Waals surface area contributed by atoms with E-state index in [2.05, 4.69) is 22.6 Å². The number of benzene rings is 1. The van der Waals surface area contributed by atoms with Crippen LogP contribution in [-0.2, 0) is 23.1 Å². The van der Waals surface area contributed by atoms with Gasteiger partial charge >= 0.3 is 0 Å². The van der Waals surface area contributed by atoms with E-state index in [-0.39, 0.29) is 23.1 Å². The maximum absolute atomic E-state index is 13.2. The van der Waals surface area contributed by atoms with Crippen LogP contribution in [0.1, 0.15) is 59.5 Å². The first-order valence-corrected chi connectivity index (χ1v) is 11.3. The maximum atomic E-state index is 13.2. The average molecular weight is 430 g/mol. The van der Waals surface area contributed by atoms with Crippen molar-refractivity contribution in [2.24, 2.45) is 0 Å². The number of carbonyl (C=O) groups is 2. The molecule has 1 N–H and O–H groups in total. The Bertz CT molecular complexity index is 888. The lowest BCUT2D eigenvalue weighted by molar-refractivity contribution is -0.119. The minimum Gasteiger partial charge on any atom is -0.360 e. The molecule has 0 atom stereocenters. The van der Waals surface area contributed by atoms with Gasteiger partial charge in [-0.15, -0.1) is 11.6 Å². The summed E-state index contributed by atoms with van der Waals surface area (Å²) in [6.45, 7) is 1.75. The molecule has 1 saturated heterocycles. The number of hydrogen-bond acceptors (Lipinski definition) is 4. The number of nitrogens with zero attached hydrogens (tertiary/aromatic N) is 2. The number of carbonyl (C=O) groups excluding carboxylic acids is 2. The summed E-state index contributed by atoms with van der Waals surface area (Å²) < 4.78 is 5.51. The van der Waals surface area contributed by atoms with Crippen LogP contribution in [0.4, 0.5) is 0 Å². The fourth-order valence-corrected chi connectivity index (χ4v) is 4.79. The average Bonchev–Trinajstić information content (AvgIpc) is 3.05. The summed E-state index contributed by atoms with van der Waals surface area (Å²) in [5, 5.41) is 7.10. The molecule has 30 heavy (non-hydrogen) atoms. The van der Waals surface area contributed by atoms with Crippen LogP contribution in [0.3, 0.4) is 0 Å². The number of hydrogen-bond donors (Lipinski definition) is 1. The molecule has 0 radical (unpaired) electrons. The molecule has 1 aliphatic carbocycles. The second-order valence-electron chi connectivity index (χ2n) is 8.34. The molecule has 0 bridgehead atoms. The summed E-state index contributed by atoms with van der Waals surface area (Å²) in [6, 6.07) is 10.2. The van der Waals surface area contributed by atoms with E-state index in [1.54, 1.807) is 0 Å². The third kappa shape index (κ3) is 4.24. The highest BCUT2D eigenvalue weighted by atomic mass is 35.5. The lowest BCUT2D eigenvalue weighted by Gasteiger charge is -2.42. The van der Waals surface area contributed by atoms with Crippen molar-refractivity contribution >= 4 is 23.4 Å². The summed E-state index contributed by atoms with van der Waals surface area (Å²) in [4.78, 5) is 26.9. The van der Waals surface area contributed by atoms with Gasteiger partial charge in [0.15, 0.2) is 5.69 Å². The van der Waals surface area contributed by atoms with E-state index in [9.17, 15) is 9.59 Å². The predicted molar refractivity (Wildman–Crippen MR) is 115 cm³/mol.